The molecule has 92 valence electrons. The lowest BCUT2D eigenvalue weighted by Gasteiger charge is -2.27. The number of hydrogen-bond donors (Lipinski definition) is 1. The number of halogens is 3. The standard InChI is InChI=1S/C10H20F3NS/c1-8(9(2,3)4)7-14-5-6-15-10(11,12)13/h8,14H,5-7H2,1-4H3. The monoisotopic (exact) mass is 243 g/mol. The third-order valence-corrected chi connectivity index (χ3v) is 3.21. The quantitative estimate of drug-likeness (QED) is 0.742. The highest BCUT2D eigenvalue weighted by Gasteiger charge is 2.27. The van der Waals surface area contributed by atoms with Crippen molar-refractivity contribution in [3.05, 3.63) is 0 Å². The average Bonchev–Trinajstić information content (AvgIpc) is 1.99. The summed E-state index contributed by atoms with van der Waals surface area (Å²) in [4.78, 5) is 0. The molecule has 1 N–H and O–H groups in total. The largest absolute Gasteiger partial charge is 0.441 e. The molecule has 0 aliphatic carbocycles. The van der Waals surface area contributed by atoms with Crippen LogP contribution in [0.5, 0.6) is 0 Å². The Hall–Kier alpha value is 0.100. The Morgan fingerprint density at radius 2 is 1.73 bits per heavy atom. The summed E-state index contributed by atoms with van der Waals surface area (Å²) in [6, 6.07) is 0. The molecule has 1 unspecified atom stereocenters. The van der Waals surface area contributed by atoms with E-state index in [1.807, 2.05) is 0 Å². The van der Waals surface area contributed by atoms with Crippen LogP contribution in [-0.2, 0) is 0 Å². The van der Waals surface area contributed by atoms with Gasteiger partial charge >= 0.3 is 5.51 Å². The van der Waals surface area contributed by atoms with E-state index < -0.39 is 5.51 Å². The molecule has 0 heterocycles. The molecule has 0 aliphatic rings. The predicted molar refractivity (Wildman–Crippen MR) is 60.0 cm³/mol. The summed E-state index contributed by atoms with van der Waals surface area (Å²) in [6.45, 7) is 9.66. The lowest BCUT2D eigenvalue weighted by atomic mass is 9.82. The lowest BCUT2D eigenvalue weighted by Crippen LogP contribution is -2.31. The van der Waals surface area contributed by atoms with E-state index in [1.165, 1.54) is 0 Å². The highest BCUT2D eigenvalue weighted by Crippen LogP contribution is 2.29. The van der Waals surface area contributed by atoms with Crippen molar-refractivity contribution in [3.63, 3.8) is 0 Å². The zero-order chi connectivity index (χ0) is 12.1. The molecule has 1 atom stereocenters. The van der Waals surface area contributed by atoms with Crippen molar-refractivity contribution in [2.75, 3.05) is 18.8 Å². The number of thioether (sulfide) groups is 1. The van der Waals surface area contributed by atoms with Crippen molar-refractivity contribution in [2.24, 2.45) is 11.3 Å². The van der Waals surface area contributed by atoms with Gasteiger partial charge in [-0.1, -0.05) is 27.7 Å². The fraction of sp³-hybridized carbons (Fsp3) is 1.00. The molecule has 1 nitrogen and oxygen atoms in total. The topological polar surface area (TPSA) is 12.0 Å². The lowest BCUT2D eigenvalue weighted by molar-refractivity contribution is -0.0327. The SMILES string of the molecule is CC(CNCCSC(F)(F)F)C(C)(C)C. The third-order valence-electron chi connectivity index (χ3n) is 2.47. The Balaban J connectivity index is 3.48. The van der Waals surface area contributed by atoms with Gasteiger partial charge in [-0.3, -0.25) is 0 Å². The van der Waals surface area contributed by atoms with Crippen LogP contribution in [0.4, 0.5) is 13.2 Å². The molecule has 0 amide bonds. The van der Waals surface area contributed by atoms with Gasteiger partial charge in [0, 0.05) is 12.3 Å². The molecule has 0 aromatic heterocycles. The molecule has 0 radical (unpaired) electrons. The highest BCUT2D eigenvalue weighted by atomic mass is 32.2. The minimum atomic E-state index is -4.10. The summed E-state index contributed by atoms with van der Waals surface area (Å²) < 4.78 is 35.3. The van der Waals surface area contributed by atoms with E-state index in [1.54, 1.807) is 0 Å². The van der Waals surface area contributed by atoms with E-state index in [-0.39, 0.29) is 22.9 Å². The first kappa shape index (κ1) is 15.1. The maximum Gasteiger partial charge on any atom is 0.441 e. The Labute approximate surface area is 94.2 Å². The first-order valence-corrected chi connectivity index (χ1v) is 6.03. The summed E-state index contributed by atoms with van der Waals surface area (Å²) in [5, 5.41) is 3.04. The van der Waals surface area contributed by atoms with Crippen LogP contribution in [0.25, 0.3) is 0 Å². The second kappa shape index (κ2) is 5.99. The fourth-order valence-electron chi connectivity index (χ4n) is 0.864. The minimum absolute atomic E-state index is 0.0302. The van der Waals surface area contributed by atoms with Crippen LogP contribution in [0, 0.1) is 11.3 Å². The van der Waals surface area contributed by atoms with Gasteiger partial charge in [-0.2, -0.15) is 13.2 Å². The van der Waals surface area contributed by atoms with Gasteiger partial charge in [-0.25, -0.2) is 0 Å². The summed E-state index contributed by atoms with van der Waals surface area (Å²) in [7, 11) is 0. The molecule has 15 heavy (non-hydrogen) atoms. The van der Waals surface area contributed by atoms with Crippen LogP contribution in [0.2, 0.25) is 0 Å². The van der Waals surface area contributed by atoms with Crippen LogP contribution in [0.3, 0.4) is 0 Å². The Morgan fingerprint density at radius 3 is 2.13 bits per heavy atom. The molecular formula is C10H20F3NS. The first-order chi connectivity index (χ1) is 6.63. The second-order valence-corrected chi connectivity index (χ2v) is 5.93. The van der Waals surface area contributed by atoms with Crippen LogP contribution < -0.4 is 5.32 Å². The van der Waals surface area contributed by atoms with E-state index in [2.05, 4.69) is 33.0 Å². The number of rotatable bonds is 5. The van der Waals surface area contributed by atoms with Crippen LogP contribution >= 0.6 is 11.8 Å². The molecule has 0 aromatic rings. The van der Waals surface area contributed by atoms with Gasteiger partial charge in [0.05, 0.1) is 0 Å². The Morgan fingerprint density at radius 1 is 1.20 bits per heavy atom. The van der Waals surface area contributed by atoms with E-state index >= 15 is 0 Å². The van der Waals surface area contributed by atoms with Gasteiger partial charge in [-0.05, 0) is 29.6 Å². The van der Waals surface area contributed by atoms with E-state index in [0.29, 0.717) is 12.5 Å². The summed E-state index contributed by atoms with van der Waals surface area (Å²) in [5.74, 6) is 0.536. The molecular weight excluding hydrogens is 223 g/mol. The molecule has 0 aromatic carbocycles. The minimum Gasteiger partial charge on any atom is -0.316 e. The zero-order valence-electron chi connectivity index (χ0n) is 9.74. The van der Waals surface area contributed by atoms with Crippen molar-refractivity contribution in [2.45, 2.75) is 33.2 Å². The number of hydrogen-bond acceptors (Lipinski definition) is 2. The molecule has 0 aliphatic heterocycles. The van der Waals surface area contributed by atoms with Gasteiger partial charge in [0.1, 0.15) is 0 Å². The molecule has 0 fully saturated rings. The van der Waals surface area contributed by atoms with Gasteiger partial charge in [0.15, 0.2) is 0 Å². The maximum atomic E-state index is 11.8. The molecule has 5 heteroatoms. The zero-order valence-corrected chi connectivity index (χ0v) is 10.6. The molecule has 0 saturated carbocycles. The maximum absolute atomic E-state index is 11.8. The van der Waals surface area contributed by atoms with Crippen molar-refractivity contribution < 1.29 is 13.2 Å². The summed E-state index contributed by atoms with van der Waals surface area (Å²) >= 11 is 0.0302. The molecule has 0 spiro atoms. The summed E-state index contributed by atoms with van der Waals surface area (Å²) in [6.07, 6.45) is 0. The van der Waals surface area contributed by atoms with Gasteiger partial charge in [0.2, 0.25) is 0 Å². The summed E-state index contributed by atoms with van der Waals surface area (Å²) in [5.41, 5.74) is -3.90. The van der Waals surface area contributed by atoms with Crippen molar-refractivity contribution in [1.82, 2.24) is 5.32 Å². The first-order valence-electron chi connectivity index (χ1n) is 5.04. The van der Waals surface area contributed by atoms with Crippen molar-refractivity contribution in [1.29, 1.82) is 0 Å². The Kier molecular flexibility index (Phi) is 6.03. The Bertz CT molecular complexity index is 174. The van der Waals surface area contributed by atoms with Crippen molar-refractivity contribution >= 4 is 11.8 Å². The predicted octanol–water partition coefficient (Wildman–Crippen LogP) is 3.51. The highest BCUT2D eigenvalue weighted by molar-refractivity contribution is 8.00. The molecule has 0 rings (SSSR count). The van der Waals surface area contributed by atoms with Gasteiger partial charge in [-0.15, -0.1) is 0 Å². The van der Waals surface area contributed by atoms with E-state index in [9.17, 15) is 13.2 Å². The van der Waals surface area contributed by atoms with Crippen LogP contribution in [0.15, 0.2) is 0 Å². The van der Waals surface area contributed by atoms with Crippen LogP contribution in [0.1, 0.15) is 27.7 Å². The van der Waals surface area contributed by atoms with Gasteiger partial charge < -0.3 is 5.32 Å². The fourth-order valence-corrected chi connectivity index (χ4v) is 1.34. The average molecular weight is 243 g/mol. The van der Waals surface area contributed by atoms with Gasteiger partial charge in [0.25, 0.3) is 0 Å². The number of nitrogens with one attached hydrogen (secondary N) is 1. The van der Waals surface area contributed by atoms with Crippen molar-refractivity contribution in [3.8, 4) is 0 Å². The second-order valence-electron chi connectivity index (χ2n) is 4.77. The molecule has 0 saturated heterocycles. The smallest absolute Gasteiger partial charge is 0.316 e. The normalized spacial score (nSPS) is 15.4. The van der Waals surface area contributed by atoms with E-state index in [0.717, 1.165) is 6.54 Å². The van der Waals surface area contributed by atoms with Crippen LogP contribution in [-0.4, -0.2) is 24.4 Å². The van der Waals surface area contributed by atoms with E-state index in [4.69, 9.17) is 0 Å². The molecule has 0 bridgehead atoms. The third kappa shape index (κ3) is 9.05. The number of alkyl halides is 3.